The molecule has 0 aliphatic heterocycles. The molecule has 4 aromatic carbocycles. The maximum Gasteiger partial charge on any atom is 0.114 e. The Morgan fingerprint density at radius 2 is 1.40 bits per heavy atom. The van der Waals surface area contributed by atoms with Crippen LogP contribution in [0.5, 0.6) is 0 Å². The van der Waals surface area contributed by atoms with E-state index in [-0.39, 0.29) is 0 Å². The second-order valence-electron chi connectivity index (χ2n) is 7.83. The van der Waals surface area contributed by atoms with Gasteiger partial charge in [-0.25, -0.2) is 4.98 Å². The van der Waals surface area contributed by atoms with Crippen LogP contribution in [0.3, 0.4) is 0 Å². The molecule has 0 unspecified atom stereocenters. The van der Waals surface area contributed by atoms with Gasteiger partial charge in [-0.1, -0.05) is 96.6 Å². The average molecular weight is 389 g/mol. The van der Waals surface area contributed by atoms with E-state index in [1.54, 1.807) is 0 Å². The van der Waals surface area contributed by atoms with E-state index in [0.29, 0.717) is 0 Å². The molecular formula is C28H24N2. The van der Waals surface area contributed by atoms with Gasteiger partial charge in [0.2, 0.25) is 0 Å². The first-order chi connectivity index (χ1) is 14.8. The number of benzene rings is 4. The number of fused-ring (bicyclic) bond motifs is 1. The van der Waals surface area contributed by atoms with Crippen molar-refractivity contribution >= 4 is 11.0 Å². The number of aryl methyl sites for hydroxylation is 1. The highest BCUT2D eigenvalue weighted by atomic mass is 15.1. The summed E-state index contributed by atoms with van der Waals surface area (Å²) >= 11 is 0. The number of hydrogen-bond donors (Lipinski definition) is 0. The maximum absolute atomic E-state index is 4.97. The zero-order valence-corrected chi connectivity index (χ0v) is 17.1. The molecule has 0 fully saturated rings. The van der Waals surface area contributed by atoms with Crippen molar-refractivity contribution in [1.29, 1.82) is 0 Å². The van der Waals surface area contributed by atoms with E-state index in [1.807, 2.05) is 0 Å². The molecule has 0 aliphatic rings. The number of nitrogens with zero attached hydrogens (tertiary/aromatic N) is 2. The Kier molecular flexibility index (Phi) is 4.90. The Morgan fingerprint density at radius 3 is 2.20 bits per heavy atom. The fourth-order valence-corrected chi connectivity index (χ4v) is 4.06. The van der Waals surface area contributed by atoms with Gasteiger partial charge in [0, 0.05) is 13.0 Å². The third-order valence-electron chi connectivity index (χ3n) is 5.58. The van der Waals surface area contributed by atoms with Gasteiger partial charge in [-0.3, -0.25) is 0 Å². The van der Waals surface area contributed by atoms with E-state index in [2.05, 4.69) is 115 Å². The van der Waals surface area contributed by atoms with Gasteiger partial charge in [0.1, 0.15) is 5.82 Å². The summed E-state index contributed by atoms with van der Waals surface area (Å²) in [5.74, 6) is 1.10. The molecule has 0 aliphatic carbocycles. The Labute approximate surface area is 177 Å². The molecule has 5 rings (SSSR count). The Hall–Kier alpha value is -3.65. The number of rotatable bonds is 5. The van der Waals surface area contributed by atoms with Crippen LogP contribution < -0.4 is 0 Å². The Bertz CT molecular complexity index is 1280. The van der Waals surface area contributed by atoms with E-state index in [4.69, 9.17) is 4.98 Å². The fraction of sp³-hybridized carbons (Fsp3) is 0.107. The summed E-state index contributed by atoms with van der Waals surface area (Å²) in [4.78, 5) is 4.97. The second-order valence-corrected chi connectivity index (χ2v) is 7.83. The molecule has 0 saturated heterocycles. The molecule has 2 nitrogen and oxygen atoms in total. The number of aromatic nitrogens is 2. The first kappa shape index (κ1) is 18.4. The Morgan fingerprint density at radius 1 is 0.667 bits per heavy atom. The first-order valence-electron chi connectivity index (χ1n) is 10.4. The van der Waals surface area contributed by atoms with E-state index in [9.17, 15) is 0 Å². The smallest absolute Gasteiger partial charge is 0.114 e. The zero-order chi connectivity index (χ0) is 20.3. The predicted molar refractivity (Wildman–Crippen MR) is 125 cm³/mol. The first-order valence-corrected chi connectivity index (χ1v) is 10.4. The van der Waals surface area contributed by atoms with Crippen LogP contribution in [0.15, 0.2) is 103 Å². The lowest BCUT2D eigenvalue weighted by atomic mass is 10.0. The molecule has 0 spiro atoms. The fourth-order valence-electron chi connectivity index (χ4n) is 4.06. The van der Waals surface area contributed by atoms with Crippen LogP contribution in [0.2, 0.25) is 0 Å². The summed E-state index contributed by atoms with van der Waals surface area (Å²) < 4.78 is 2.36. The molecule has 0 radical (unpaired) electrons. The molecular weight excluding hydrogens is 364 g/mol. The lowest BCUT2D eigenvalue weighted by Crippen LogP contribution is -2.06. The molecule has 1 heterocycles. The van der Waals surface area contributed by atoms with Gasteiger partial charge in [0.05, 0.1) is 11.0 Å². The third-order valence-corrected chi connectivity index (χ3v) is 5.58. The van der Waals surface area contributed by atoms with Crippen molar-refractivity contribution in [2.45, 2.75) is 19.9 Å². The molecule has 30 heavy (non-hydrogen) atoms. The summed E-state index contributed by atoms with van der Waals surface area (Å²) in [5, 5.41) is 0. The topological polar surface area (TPSA) is 17.8 Å². The quantitative estimate of drug-likeness (QED) is 0.329. The van der Waals surface area contributed by atoms with Crippen LogP contribution in [-0.2, 0) is 13.0 Å². The zero-order valence-electron chi connectivity index (χ0n) is 17.1. The third kappa shape index (κ3) is 3.77. The normalized spacial score (nSPS) is 11.1. The molecule has 1 aromatic heterocycles. The van der Waals surface area contributed by atoms with Crippen molar-refractivity contribution in [1.82, 2.24) is 9.55 Å². The summed E-state index contributed by atoms with van der Waals surface area (Å²) in [7, 11) is 0. The second kappa shape index (κ2) is 8.00. The summed E-state index contributed by atoms with van der Waals surface area (Å²) in [6, 6.07) is 36.5. The van der Waals surface area contributed by atoms with Gasteiger partial charge in [-0.15, -0.1) is 0 Å². The van der Waals surface area contributed by atoms with E-state index in [0.717, 1.165) is 24.3 Å². The number of imidazole rings is 1. The van der Waals surface area contributed by atoms with Crippen LogP contribution in [0.1, 0.15) is 22.5 Å². The average Bonchev–Trinajstić information content (AvgIpc) is 3.12. The molecule has 0 N–H and O–H groups in total. The van der Waals surface area contributed by atoms with E-state index < -0.39 is 0 Å². The van der Waals surface area contributed by atoms with Crippen molar-refractivity contribution < 1.29 is 0 Å². The summed E-state index contributed by atoms with van der Waals surface area (Å²) in [5.41, 5.74) is 8.60. The van der Waals surface area contributed by atoms with Gasteiger partial charge in [0.15, 0.2) is 0 Å². The van der Waals surface area contributed by atoms with Gasteiger partial charge in [-0.05, 0) is 41.3 Å². The van der Waals surface area contributed by atoms with Crippen molar-refractivity contribution in [2.75, 3.05) is 0 Å². The van der Waals surface area contributed by atoms with Crippen molar-refractivity contribution in [2.24, 2.45) is 0 Å². The minimum atomic E-state index is 0.815. The van der Waals surface area contributed by atoms with E-state index in [1.165, 1.54) is 33.3 Å². The van der Waals surface area contributed by atoms with Gasteiger partial charge in [-0.2, -0.15) is 0 Å². The van der Waals surface area contributed by atoms with Crippen LogP contribution in [0, 0.1) is 6.92 Å². The minimum absolute atomic E-state index is 0.815. The van der Waals surface area contributed by atoms with Crippen molar-refractivity contribution in [3.05, 3.63) is 126 Å². The highest BCUT2D eigenvalue weighted by Crippen LogP contribution is 2.23. The van der Waals surface area contributed by atoms with Crippen LogP contribution in [-0.4, -0.2) is 9.55 Å². The van der Waals surface area contributed by atoms with Crippen molar-refractivity contribution in [3.63, 3.8) is 0 Å². The van der Waals surface area contributed by atoms with Gasteiger partial charge >= 0.3 is 0 Å². The summed E-state index contributed by atoms with van der Waals surface area (Å²) in [6.07, 6.45) is 0.815. The molecule has 0 saturated carbocycles. The molecule has 0 amide bonds. The molecule has 0 atom stereocenters. The van der Waals surface area contributed by atoms with Crippen LogP contribution in [0.4, 0.5) is 0 Å². The highest BCUT2D eigenvalue weighted by molar-refractivity contribution is 5.76. The predicted octanol–water partition coefficient (Wildman–Crippen LogP) is 6.65. The SMILES string of the molecule is Cc1cccc(Cn2c(Cc3ccc(-c4ccccc4)cc3)nc3ccccc32)c1. The maximum atomic E-state index is 4.97. The molecule has 146 valence electrons. The van der Waals surface area contributed by atoms with Gasteiger partial charge < -0.3 is 4.57 Å². The number of para-hydroxylation sites is 2. The monoisotopic (exact) mass is 388 g/mol. The number of hydrogen-bond acceptors (Lipinski definition) is 1. The lowest BCUT2D eigenvalue weighted by molar-refractivity contribution is 0.762. The van der Waals surface area contributed by atoms with Crippen molar-refractivity contribution in [3.8, 4) is 11.1 Å². The highest BCUT2D eigenvalue weighted by Gasteiger charge is 2.12. The van der Waals surface area contributed by atoms with Crippen LogP contribution >= 0.6 is 0 Å². The summed E-state index contributed by atoms with van der Waals surface area (Å²) in [6.45, 7) is 2.98. The standard InChI is InChI=1S/C28H24N2/c1-21-8-7-9-23(18-21)20-30-27-13-6-5-12-26(27)29-28(30)19-22-14-16-25(17-15-22)24-10-3-2-4-11-24/h2-18H,19-20H2,1H3. The van der Waals surface area contributed by atoms with E-state index >= 15 is 0 Å². The molecule has 0 bridgehead atoms. The Balaban J connectivity index is 1.48. The molecule has 5 aromatic rings. The largest absolute Gasteiger partial charge is 0.323 e. The van der Waals surface area contributed by atoms with Crippen LogP contribution in [0.25, 0.3) is 22.2 Å². The minimum Gasteiger partial charge on any atom is -0.323 e. The van der Waals surface area contributed by atoms with Gasteiger partial charge in [0.25, 0.3) is 0 Å². The lowest BCUT2D eigenvalue weighted by Gasteiger charge is -2.11. The molecule has 2 heteroatoms.